The molecule has 1 aromatic rings. The van der Waals surface area contributed by atoms with Gasteiger partial charge in [-0.25, -0.2) is 14.3 Å². The number of carbonyl (C=O) groups is 2. The van der Waals surface area contributed by atoms with E-state index in [1.54, 1.807) is 33.8 Å². The van der Waals surface area contributed by atoms with Crippen LogP contribution < -0.4 is 10.5 Å². The van der Waals surface area contributed by atoms with E-state index >= 15 is 0 Å². The molecular weight excluding hydrogens is 448 g/mol. The van der Waals surface area contributed by atoms with Crippen LogP contribution in [0.5, 0.6) is 0 Å². The number of anilines is 1. The standard InChI is InChI=1S/C19H26BF3N4O6/c1-10(19(21,22)23)27-13(26(14(28)29)15(30)31-16(2,3)4)11(9-24)12(25-27)20-32-17(5,6)18(7,8)33-20/h10H,1-8H3,(H,28,29)/t10-/m0/s1. The smallest absolute Gasteiger partial charge is 0.464 e. The molecule has 1 aliphatic rings. The van der Waals surface area contributed by atoms with Gasteiger partial charge in [0.15, 0.2) is 5.82 Å². The number of hydrogen-bond donors (Lipinski definition) is 1. The summed E-state index contributed by atoms with van der Waals surface area (Å²) in [6.07, 6.45) is -8.35. The lowest BCUT2D eigenvalue weighted by Gasteiger charge is -2.32. The molecule has 0 unspecified atom stereocenters. The summed E-state index contributed by atoms with van der Waals surface area (Å²) in [5.74, 6) is -0.922. The summed E-state index contributed by atoms with van der Waals surface area (Å²) >= 11 is 0. The first-order valence-electron chi connectivity index (χ1n) is 9.94. The molecule has 0 radical (unpaired) electrons. The fraction of sp³-hybridized carbons (Fsp3) is 0.684. The van der Waals surface area contributed by atoms with Gasteiger partial charge in [-0.15, -0.1) is 0 Å². The maximum absolute atomic E-state index is 13.6. The van der Waals surface area contributed by atoms with Crippen molar-refractivity contribution in [2.75, 3.05) is 4.90 Å². The molecule has 2 heterocycles. The normalized spacial score (nSPS) is 18.5. The van der Waals surface area contributed by atoms with Crippen LogP contribution in [-0.4, -0.2) is 57.2 Å². The Balaban J connectivity index is 2.79. The van der Waals surface area contributed by atoms with E-state index < -0.39 is 65.3 Å². The van der Waals surface area contributed by atoms with Gasteiger partial charge >= 0.3 is 25.5 Å². The van der Waals surface area contributed by atoms with Gasteiger partial charge in [-0.05, 0) is 55.4 Å². The average Bonchev–Trinajstić information content (AvgIpc) is 3.05. The van der Waals surface area contributed by atoms with E-state index in [1.807, 2.05) is 0 Å². The summed E-state index contributed by atoms with van der Waals surface area (Å²) < 4.78 is 57.8. The molecule has 1 N–H and O–H groups in total. The van der Waals surface area contributed by atoms with E-state index in [9.17, 15) is 33.1 Å². The number of alkyl halides is 3. The highest BCUT2D eigenvalue weighted by Crippen LogP contribution is 2.39. The first kappa shape index (κ1) is 26.5. The summed E-state index contributed by atoms with van der Waals surface area (Å²) in [6, 6.07) is -0.751. The van der Waals surface area contributed by atoms with E-state index in [0.29, 0.717) is 6.92 Å². The van der Waals surface area contributed by atoms with Gasteiger partial charge in [-0.3, -0.25) is 0 Å². The molecule has 10 nitrogen and oxygen atoms in total. The number of carboxylic acid groups (broad SMARTS) is 1. The SMILES string of the molecule is C[C@H](n1nc(B2OC(C)(C)C(C)(C)O2)c(C#N)c1N(C(=O)O)C(=O)OC(C)(C)C)C(F)(F)F. The molecule has 1 fully saturated rings. The molecule has 2 rings (SSSR count). The van der Waals surface area contributed by atoms with Gasteiger partial charge in [0.05, 0.1) is 11.2 Å². The van der Waals surface area contributed by atoms with Crippen LogP contribution in [-0.2, 0) is 14.0 Å². The Morgan fingerprint density at radius 2 is 1.70 bits per heavy atom. The fourth-order valence-electron chi connectivity index (χ4n) is 2.86. The first-order chi connectivity index (χ1) is 14.7. The van der Waals surface area contributed by atoms with Gasteiger partial charge in [0.25, 0.3) is 0 Å². The van der Waals surface area contributed by atoms with Crippen molar-refractivity contribution in [2.24, 2.45) is 0 Å². The van der Waals surface area contributed by atoms with E-state index in [2.05, 4.69) is 5.10 Å². The van der Waals surface area contributed by atoms with Crippen molar-refractivity contribution < 1.29 is 41.9 Å². The minimum atomic E-state index is -4.89. The van der Waals surface area contributed by atoms with Gasteiger partial charge in [0, 0.05) is 0 Å². The molecule has 1 atom stereocenters. The molecule has 0 bridgehead atoms. The van der Waals surface area contributed by atoms with Gasteiger partial charge < -0.3 is 19.2 Å². The van der Waals surface area contributed by atoms with E-state index in [0.717, 1.165) is 0 Å². The van der Waals surface area contributed by atoms with Crippen LogP contribution >= 0.6 is 0 Å². The van der Waals surface area contributed by atoms with Crippen LogP contribution in [0.2, 0.25) is 0 Å². The Bertz CT molecular complexity index is 977. The number of imide groups is 1. The second kappa shape index (κ2) is 8.21. The Kier molecular flexibility index (Phi) is 6.59. The molecule has 1 saturated heterocycles. The summed E-state index contributed by atoms with van der Waals surface area (Å²) in [5, 5.41) is 23.3. The van der Waals surface area contributed by atoms with Crippen LogP contribution in [0.15, 0.2) is 0 Å². The zero-order valence-electron chi connectivity index (χ0n) is 19.6. The second-order valence-electron chi connectivity index (χ2n) is 9.54. The Morgan fingerprint density at radius 3 is 2.06 bits per heavy atom. The number of hydrogen-bond acceptors (Lipinski definition) is 7. The van der Waals surface area contributed by atoms with Crippen molar-refractivity contribution in [3.8, 4) is 6.07 Å². The van der Waals surface area contributed by atoms with E-state index in [1.165, 1.54) is 20.8 Å². The van der Waals surface area contributed by atoms with Crippen molar-refractivity contribution in [3.63, 3.8) is 0 Å². The number of aromatic nitrogens is 2. The van der Waals surface area contributed by atoms with Gasteiger partial charge in [-0.2, -0.15) is 28.4 Å². The number of carbonyl (C=O) groups excluding carboxylic acids is 1. The third-order valence-electron chi connectivity index (χ3n) is 5.32. The van der Waals surface area contributed by atoms with Crippen LogP contribution in [0.1, 0.15) is 67.0 Å². The van der Waals surface area contributed by atoms with Gasteiger partial charge in [0.2, 0.25) is 0 Å². The van der Waals surface area contributed by atoms with Crippen LogP contribution in [0.4, 0.5) is 28.6 Å². The van der Waals surface area contributed by atoms with Gasteiger partial charge in [0.1, 0.15) is 28.9 Å². The first-order valence-corrected chi connectivity index (χ1v) is 9.94. The van der Waals surface area contributed by atoms with Crippen molar-refractivity contribution >= 4 is 30.7 Å². The molecule has 0 aliphatic carbocycles. The number of halogens is 3. The summed E-state index contributed by atoms with van der Waals surface area (Å²) in [4.78, 5) is 24.6. The molecule has 0 spiro atoms. The lowest BCUT2D eigenvalue weighted by Crippen LogP contribution is -2.42. The summed E-state index contributed by atoms with van der Waals surface area (Å²) in [5.41, 5.74) is -4.05. The maximum atomic E-state index is 13.6. The highest BCUT2D eigenvalue weighted by atomic mass is 19.4. The molecule has 0 aromatic carbocycles. The molecule has 14 heteroatoms. The predicted octanol–water partition coefficient (Wildman–Crippen LogP) is 3.60. The molecule has 1 aliphatic heterocycles. The maximum Gasteiger partial charge on any atom is 0.517 e. The van der Waals surface area contributed by atoms with Crippen LogP contribution in [0.25, 0.3) is 0 Å². The average molecular weight is 474 g/mol. The van der Waals surface area contributed by atoms with Crippen molar-refractivity contribution in [3.05, 3.63) is 5.56 Å². The topological polar surface area (TPSA) is 127 Å². The quantitative estimate of drug-likeness (QED) is 0.659. The Hall–Kier alpha value is -2.79. The number of nitriles is 1. The fourth-order valence-corrected chi connectivity index (χ4v) is 2.86. The monoisotopic (exact) mass is 474 g/mol. The molecule has 182 valence electrons. The lowest BCUT2D eigenvalue weighted by molar-refractivity contribution is -0.165. The summed E-state index contributed by atoms with van der Waals surface area (Å²) in [7, 11) is -1.39. The van der Waals surface area contributed by atoms with Crippen molar-refractivity contribution in [1.29, 1.82) is 5.26 Å². The van der Waals surface area contributed by atoms with E-state index in [-0.39, 0.29) is 9.58 Å². The second-order valence-corrected chi connectivity index (χ2v) is 9.54. The number of rotatable bonds is 3. The summed E-state index contributed by atoms with van der Waals surface area (Å²) in [6.45, 7) is 11.8. The lowest BCUT2D eigenvalue weighted by atomic mass is 9.82. The molecular formula is C19H26BF3N4O6. The van der Waals surface area contributed by atoms with Crippen LogP contribution in [0, 0.1) is 11.3 Å². The molecule has 1 aromatic heterocycles. The third kappa shape index (κ3) is 5.09. The predicted molar refractivity (Wildman–Crippen MR) is 110 cm³/mol. The Morgan fingerprint density at radius 1 is 1.21 bits per heavy atom. The molecule has 0 saturated carbocycles. The van der Waals surface area contributed by atoms with Crippen LogP contribution in [0.3, 0.4) is 0 Å². The van der Waals surface area contributed by atoms with Crippen molar-refractivity contribution in [1.82, 2.24) is 9.78 Å². The van der Waals surface area contributed by atoms with Crippen molar-refractivity contribution in [2.45, 2.75) is 84.4 Å². The molecule has 2 amide bonds. The zero-order chi connectivity index (χ0) is 25.7. The number of nitrogens with zero attached hydrogens (tertiary/aromatic N) is 4. The van der Waals surface area contributed by atoms with Gasteiger partial charge in [-0.1, -0.05) is 0 Å². The minimum Gasteiger partial charge on any atom is -0.464 e. The largest absolute Gasteiger partial charge is 0.517 e. The highest BCUT2D eigenvalue weighted by molar-refractivity contribution is 6.62. The minimum absolute atomic E-state index is 0.0756. The van der Waals surface area contributed by atoms with E-state index in [4.69, 9.17) is 14.0 Å². The number of ether oxygens (including phenoxy) is 1. The highest BCUT2D eigenvalue weighted by Gasteiger charge is 2.55. The zero-order valence-corrected chi connectivity index (χ0v) is 19.6. The number of amides is 2. The molecule has 33 heavy (non-hydrogen) atoms. The third-order valence-corrected chi connectivity index (χ3v) is 5.32. The Labute approximate surface area is 189 Å².